The Kier molecular flexibility index (Phi) is 2.92. The number of aliphatic hydroxyl groups is 1. The highest BCUT2D eigenvalue weighted by atomic mass is 35.5. The molecule has 0 bridgehead atoms. The van der Waals surface area contributed by atoms with E-state index in [9.17, 15) is 5.11 Å². The highest BCUT2D eigenvalue weighted by Crippen LogP contribution is 2.32. The molecule has 3 heteroatoms. The summed E-state index contributed by atoms with van der Waals surface area (Å²) in [4.78, 5) is 0. The lowest BCUT2D eigenvalue weighted by Crippen LogP contribution is -2.15. The second-order valence-corrected chi connectivity index (χ2v) is 5.20. The van der Waals surface area contributed by atoms with Gasteiger partial charge in [0.05, 0.1) is 10.4 Å². The summed E-state index contributed by atoms with van der Waals surface area (Å²) in [6, 6.07) is 2.07. The summed E-state index contributed by atoms with van der Waals surface area (Å²) in [6.45, 7) is 0. The molecular formula is C10H13ClOS. The molecule has 72 valence electrons. The van der Waals surface area contributed by atoms with E-state index in [1.807, 2.05) is 5.38 Å². The van der Waals surface area contributed by atoms with Crippen molar-refractivity contribution in [2.45, 2.75) is 31.8 Å². The van der Waals surface area contributed by atoms with Crippen LogP contribution in [0.15, 0.2) is 11.4 Å². The summed E-state index contributed by atoms with van der Waals surface area (Å²) in [5.41, 5.74) is 1.21. The first-order chi connectivity index (χ1) is 6.27. The molecule has 1 heterocycles. The largest absolute Gasteiger partial charge is 0.393 e. The van der Waals surface area contributed by atoms with Crippen LogP contribution in [0.4, 0.5) is 0 Å². The minimum absolute atomic E-state index is 0.101. The maximum atomic E-state index is 9.64. The average Bonchev–Trinajstić information content (AvgIpc) is 2.65. The van der Waals surface area contributed by atoms with Crippen molar-refractivity contribution in [2.75, 3.05) is 0 Å². The minimum Gasteiger partial charge on any atom is -0.393 e. The summed E-state index contributed by atoms with van der Waals surface area (Å²) in [5.74, 6) is 0.437. The van der Waals surface area contributed by atoms with Crippen molar-refractivity contribution in [3.8, 4) is 0 Å². The first-order valence-electron chi connectivity index (χ1n) is 4.67. The maximum Gasteiger partial charge on any atom is 0.0960 e. The fraction of sp³-hybridized carbons (Fsp3) is 0.600. The Labute approximate surface area is 87.4 Å². The fourth-order valence-corrected chi connectivity index (χ4v) is 2.95. The molecule has 1 aliphatic carbocycles. The molecule has 1 fully saturated rings. The molecule has 0 radical (unpaired) electrons. The second kappa shape index (κ2) is 3.99. The van der Waals surface area contributed by atoms with Gasteiger partial charge in [-0.25, -0.2) is 0 Å². The van der Waals surface area contributed by atoms with E-state index in [0.29, 0.717) is 5.92 Å². The van der Waals surface area contributed by atoms with Gasteiger partial charge < -0.3 is 5.11 Å². The Morgan fingerprint density at radius 1 is 1.54 bits per heavy atom. The maximum absolute atomic E-state index is 9.64. The third-order valence-electron chi connectivity index (χ3n) is 2.79. The van der Waals surface area contributed by atoms with Crippen molar-refractivity contribution in [3.63, 3.8) is 0 Å². The SMILES string of the molecule is O[C@@H]1CCC[C@H]1Cc1ccsc1Cl. The summed E-state index contributed by atoms with van der Waals surface area (Å²) < 4.78 is 0.888. The molecular weight excluding hydrogens is 204 g/mol. The van der Waals surface area contributed by atoms with Crippen molar-refractivity contribution in [1.82, 2.24) is 0 Å². The molecule has 1 aliphatic rings. The highest BCUT2D eigenvalue weighted by Gasteiger charge is 2.25. The van der Waals surface area contributed by atoms with Gasteiger partial charge in [-0.1, -0.05) is 18.0 Å². The molecule has 1 aromatic rings. The summed E-state index contributed by atoms with van der Waals surface area (Å²) in [7, 11) is 0. The van der Waals surface area contributed by atoms with Gasteiger partial charge in [0.2, 0.25) is 0 Å². The van der Waals surface area contributed by atoms with E-state index in [1.54, 1.807) is 11.3 Å². The molecule has 0 aromatic carbocycles. The molecule has 1 aromatic heterocycles. The van der Waals surface area contributed by atoms with Crippen LogP contribution in [0, 0.1) is 5.92 Å². The van der Waals surface area contributed by atoms with Crippen LogP contribution in [0.3, 0.4) is 0 Å². The fourth-order valence-electron chi connectivity index (χ4n) is 2.00. The predicted molar refractivity (Wildman–Crippen MR) is 56.4 cm³/mol. The van der Waals surface area contributed by atoms with Crippen molar-refractivity contribution >= 4 is 22.9 Å². The second-order valence-electron chi connectivity index (χ2n) is 3.68. The van der Waals surface area contributed by atoms with Crippen LogP contribution in [0.5, 0.6) is 0 Å². The molecule has 13 heavy (non-hydrogen) atoms. The number of thiophene rings is 1. The summed E-state index contributed by atoms with van der Waals surface area (Å²) in [5, 5.41) is 11.7. The molecule has 1 saturated carbocycles. The lowest BCUT2D eigenvalue weighted by atomic mass is 9.98. The van der Waals surface area contributed by atoms with Crippen molar-refractivity contribution in [1.29, 1.82) is 0 Å². The normalized spacial score (nSPS) is 28.2. The molecule has 0 amide bonds. The number of hydrogen-bond donors (Lipinski definition) is 1. The van der Waals surface area contributed by atoms with Gasteiger partial charge in [0.1, 0.15) is 0 Å². The Morgan fingerprint density at radius 3 is 2.92 bits per heavy atom. The molecule has 1 nitrogen and oxygen atoms in total. The third-order valence-corrected chi connectivity index (χ3v) is 4.05. The number of hydrogen-bond acceptors (Lipinski definition) is 2. The summed E-state index contributed by atoms with van der Waals surface area (Å²) in [6.07, 6.45) is 4.12. The first-order valence-corrected chi connectivity index (χ1v) is 5.93. The Bertz CT molecular complexity index is 284. The van der Waals surface area contributed by atoms with Crippen LogP contribution in [0.25, 0.3) is 0 Å². The zero-order valence-corrected chi connectivity index (χ0v) is 8.94. The van der Waals surface area contributed by atoms with Crippen molar-refractivity contribution < 1.29 is 5.11 Å². The van der Waals surface area contributed by atoms with E-state index in [-0.39, 0.29) is 6.10 Å². The number of aliphatic hydroxyl groups excluding tert-OH is 1. The molecule has 1 N–H and O–H groups in total. The molecule has 2 rings (SSSR count). The van der Waals surface area contributed by atoms with E-state index in [2.05, 4.69) is 6.07 Å². The van der Waals surface area contributed by atoms with Gasteiger partial charge in [0.15, 0.2) is 0 Å². The quantitative estimate of drug-likeness (QED) is 0.806. The van der Waals surface area contributed by atoms with Crippen LogP contribution in [0.2, 0.25) is 4.34 Å². The van der Waals surface area contributed by atoms with Gasteiger partial charge in [0.25, 0.3) is 0 Å². The van der Waals surface area contributed by atoms with Crippen molar-refractivity contribution in [3.05, 3.63) is 21.3 Å². The van der Waals surface area contributed by atoms with Crippen LogP contribution < -0.4 is 0 Å². The molecule has 0 aliphatic heterocycles. The van der Waals surface area contributed by atoms with Gasteiger partial charge in [-0.05, 0) is 42.2 Å². The van der Waals surface area contributed by atoms with Crippen LogP contribution in [0.1, 0.15) is 24.8 Å². The van der Waals surface area contributed by atoms with E-state index in [4.69, 9.17) is 11.6 Å². The number of rotatable bonds is 2. The molecule has 2 atom stereocenters. The van der Waals surface area contributed by atoms with E-state index in [1.165, 1.54) is 5.56 Å². The van der Waals surface area contributed by atoms with E-state index in [0.717, 1.165) is 30.0 Å². The minimum atomic E-state index is -0.101. The van der Waals surface area contributed by atoms with Crippen LogP contribution in [-0.4, -0.2) is 11.2 Å². The van der Waals surface area contributed by atoms with Gasteiger partial charge in [0, 0.05) is 0 Å². The number of halogens is 1. The predicted octanol–water partition coefficient (Wildman–Crippen LogP) is 3.11. The average molecular weight is 217 g/mol. The Morgan fingerprint density at radius 2 is 2.38 bits per heavy atom. The monoisotopic (exact) mass is 216 g/mol. The van der Waals surface area contributed by atoms with Gasteiger partial charge in [-0.15, -0.1) is 11.3 Å². The third kappa shape index (κ3) is 2.06. The highest BCUT2D eigenvalue weighted by molar-refractivity contribution is 7.14. The van der Waals surface area contributed by atoms with Crippen molar-refractivity contribution in [2.24, 2.45) is 5.92 Å². The Balaban J connectivity index is 2.01. The Hall–Kier alpha value is -0.0500. The zero-order valence-electron chi connectivity index (χ0n) is 7.37. The first kappa shape index (κ1) is 9.50. The molecule has 0 spiro atoms. The van der Waals surface area contributed by atoms with Gasteiger partial charge >= 0.3 is 0 Å². The summed E-state index contributed by atoms with van der Waals surface area (Å²) >= 11 is 7.58. The zero-order chi connectivity index (χ0) is 9.26. The standard InChI is InChI=1S/C10H13ClOS/c11-10-8(4-5-13-10)6-7-2-1-3-9(7)12/h4-5,7,9,12H,1-3,6H2/t7-,9+/m0/s1. The van der Waals surface area contributed by atoms with E-state index >= 15 is 0 Å². The molecule has 0 unspecified atom stereocenters. The molecule has 0 saturated heterocycles. The van der Waals surface area contributed by atoms with Crippen LogP contribution in [-0.2, 0) is 6.42 Å². The van der Waals surface area contributed by atoms with Gasteiger partial charge in [-0.2, -0.15) is 0 Å². The smallest absolute Gasteiger partial charge is 0.0960 e. The van der Waals surface area contributed by atoms with Crippen LogP contribution >= 0.6 is 22.9 Å². The topological polar surface area (TPSA) is 20.2 Å². The lowest BCUT2D eigenvalue weighted by molar-refractivity contribution is 0.133. The lowest BCUT2D eigenvalue weighted by Gasteiger charge is -2.13. The van der Waals surface area contributed by atoms with E-state index < -0.39 is 0 Å². The van der Waals surface area contributed by atoms with Gasteiger partial charge in [-0.3, -0.25) is 0 Å².